The molecule has 0 amide bonds. The van der Waals surface area contributed by atoms with E-state index in [0.717, 1.165) is 24.3 Å². The van der Waals surface area contributed by atoms with Crippen LogP contribution in [0.25, 0.3) is 32.7 Å². The van der Waals surface area contributed by atoms with Gasteiger partial charge in [-0.1, -0.05) is 0 Å². The van der Waals surface area contributed by atoms with Crippen LogP contribution in [0, 0.1) is 0 Å². The van der Waals surface area contributed by atoms with E-state index >= 15 is 0 Å². The number of methoxy groups -OCH3 is 1. The number of benzene rings is 4. The number of aliphatic hydroxyl groups excluding tert-OH is 1. The predicted octanol–water partition coefficient (Wildman–Crippen LogP) is 2.08. The third-order valence-corrected chi connectivity index (χ3v) is 8.81. The first-order valence-corrected chi connectivity index (χ1v) is 15.7. The van der Waals surface area contributed by atoms with Crippen molar-refractivity contribution in [3.8, 4) is 57.5 Å². The third-order valence-electron chi connectivity index (χ3n) is 8.81. The van der Waals surface area contributed by atoms with Gasteiger partial charge in [-0.2, -0.15) is 0 Å². The first-order valence-electron chi connectivity index (χ1n) is 15.7. The quantitative estimate of drug-likeness (QED) is 0.0486. The minimum absolute atomic E-state index is 0.0573. The van der Waals surface area contributed by atoms with Gasteiger partial charge in [-0.3, -0.25) is 0 Å². The second-order valence-electron chi connectivity index (χ2n) is 12.2. The largest absolute Gasteiger partial charge is 0.504 e. The first kappa shape index (κ1) is 36.1. The second-order valence-corrected chi connectivity index (χ2v) is 12.2. The Bertz CT molecular complexity index is 2630. The highest BCUT2D eigenvalue weighted by Crippen LogP contribution is 2.46. The summed E-state index contributed by atoms with van der Waals surface area (Å²) in [5, 5.41) is 91.5. The average molecular weight is 767 g/mol. The lowest BCUT2D eigenvalue weighted by Crippen LogP contribution is -2.61. The Balaban J connectivity index is 1.28. The molecule has 1 fully saturated rings. The van der Waals surface area contributed by atoms with Gasteiger partial charge in [0.15, 0.2) is 75.5 Å². The topological polar surface area (TPSA) is 323 Å². The van der Waals surface area contributed by atoms with Gasteiger partial charge in [0.2, 0.25) is 17.8 Å². The van der Waals surface area contributed by atoms with Gasteiger partial charge in [0.05, 0.1) is 35.1 Å². The standard InChI is InChI=1S/C35H26O20/c1-9-26(52-31(45)10-3-14(36)22(41)15(37)4-10)30(55-32(46)11-5-16(38)23(42)17(39)6-11)25(44)35(50-9)51-19-8-13-20-21-12(33(47)53-28(20)24(19)43)7-18(40)27(49-2)29(21)54-34(13)48/h3-9,25-26,30,35-44H,1-2H3. The van der Waals surface area contributed by atoms with E-state index in [1.54, 1.807) is 0 Å². The van der Waals surface area contributed by atoms with E-state index in [9.17, 15) is 65.1 Å². The number of carbonyl (C=O) groups excluding carboxylic acids is 2. The van der Waals surface area contributed by atoms with Crippen LogP contribution in [-0.4, -0.2) is 95.7 Å². The smallest absolute Gasteiger partial charge is 0.344 e. The van der Waals surface area contributed by atoms with E-state index in [4.69, 9.17) is 32.5 Å². The lowest BCUT2D eigenvalue weighted by atomic mass is 9.98. The van der Waals surface area contributed by atoms with Crippen molar-refractivity contribution in [1.82, 2.24) is 0 Å². The summed E-state index contributed by atoms with van der Waals surface area (Å²) in [6, 6.07) is 4.86. The van der Waals surface area contributed by atoms with Crippen LogP contribution in [0.5, 0.6) is 57.5 Å². The molecule has 286 valence electrons. The number of hydrogen-bond acceptors (Lipinski definition) is 20. The summed E-state index contributed by atoms with van der Waals surface area (Å²) in [7, 11) is 1.17. The molecule has 0 saturated carbocycles. The molecule has 0 aliphatic carbocycles. The summed E-state index contributed by atoms with van der Waals surface area (Å²) in [5.41, 5.74) is -4.16. The summed E-state index contributed by atoms with van der Waals surface area (Å²) in [6.07, 6.45) is -9.25. The molecular formula is C35H26O20. The summed E-state index contributed by atoms with van der Waals surface area (Å²) in [5.74, 6) is -10.6. The molecule has 1 aliphatic rings. The molecular weight excluding hydrogens is 740 g/mol. The van der Waals surface area contributed by atoms with Crippen LogP contribution in [0.2, 0.25) is 0 Å². The Labute approximate surface area is 303 Å². The Morgan fingerprint density at radius 3 is 1.64 bits per heavy atom. The monoisotopic (exact) mass is 766 g/mol. The minimum atomic E-state index is -2.17. The zero-order valence-electron chi connectivity index (χ0n) is 27.9. The highest BCUT2D eigenvalue weighted by Gasteiger charge is 2.50. The summed E-state index contributed by atoms with van der Waals surface area (Å²) in [6.45, 7) is 1.27. The van der Waals surface area contributed by atoms with E-state index in [2.05, 4.69) is 0 Å². The number of aromatic hydroxyl groups is 8. The minimum Gasteiger partial charge on any atom is -0.504 e. The number of aliphatic hydroxyl groups is 1. The number of phenolic OH excluding ortho intramolecular Hbond substituents is 8. The Kier molecular flexibility index (Phi) is 8.50. The van der Waals surface area contributed by atoms with Crippen molar-refractivity contribution in [2.24, 2.45) is 0 Å². The molecule has 6 aromatic rings. The van der Waals surface area contributed by atoms with E-state index in [0.29, 0.717) is 12.1 Å². The Morgan fingerprint density at radius 1 is 0.636 bits per heavy atom. The SMILES string of the molecule is COc1c(O)cc2c(=O)oc3c(O)c(OC4OC(C)C(OC(=O)c5cc(O)c(O)c(O)c5)C(OC(=O)c5cc(O)c(O)c(O)c5)C4O)cc4c(=O)oc1c2c34. The summed E-state index contributed by atoms with van der Waals surface area (Å²) in [4.78, 5) is 52.7. The fourth-order valence-corrected chi connectivity index (χ4v) is 6.18. The maximum Gasteiger partial charge on any atom is 0.344 e. The van der Waals surface area contributed by atoms with Gasteiger partial charge in [0.1, 0.15) is 0 Å². The number of esters is 2. The van der Waals surface area contributed by atoms with Crippen molar-refractivity contribution in [1.29, 1.82) is 0 Å². The normalized spacial score (nSPS) is 19.8. The summed E-state index contributed by atoms with van der Waals surface area (Å²) < 4.78 is 38.3. The first-order chi connectivity index (χ1) is 26.0. The van der Waals surface area contributed by atoms with Crippen molar-refractivity contribution >= 4 is 44.6 Å². The second kappa shape index (κ2) is 13.0. The molecule has 7 rings (SSSR count). The maximum atomic E-state index is 13.3. The number of phenols is 8. The van der Waals surface area contributed by atoms with Gasteiger partial charge in [-0.05, 0) is 43.3 Å². The number of ether oxygens (including phenoxy) is 5. The molecule has 20 nitrogen and oxygen atoms in total. The van der Waals surface area contributed by atoms with Crippen molar-refractivity contribution < 1.29 is 88.1 Å². The molecule has 2 aromatic heterocycles. The van der Waals surface area contributed by atoms with Crippen LogP contribution < -0.4 is 20.7 Å². The van der Waals surface area contributed by atoms with Gasteiger partial charge < -0.3 is 78.5 Å². The van der Waals surface area contributed by atoms with Crippen LogP contribution in [0.3, 0.4) is 0 Å². The lowest BCUT2D eigenvalue weighted by molar-refractivity contribution is -0.267. The van der Waals surface area contributed by atoms with E-state index < -0.39 is 122 Å². The van der Waals surface area contributed by atoms with Gasteiger partial charge in [-0.15, -0.1) is 0 Å². The lowest BCUT2D eigenvalue weighted by Gasteiger charge is -2.42. The highest BCUT2D eigenvalue weighted by atomic mass is 16.7. The Morgan fingerprint density at radius 2 is 1.11 bits per heavy atom. The van der Waals surface area contributed by atoms with Crippen LogP contribution in [0.1, 0.15) is 27.6 Å². The van der Waals surface area contributed by atoms with E-state index in [-0.39, 0.29) is 32.9 Å². The van der Waals surface area contributed by atoms with Crippen molar-refractivity contribution in [3.05, 3.63) is 68.4 Å². The van der Waals surface area contributed by atoms with Gasteiger partial charge in [0.25, 0.3) is 0 Å². The molecule has 1 aliphatic heterocycles. The molecule has 9 N–H and O–H groups in total. The van der Waals surface area contributed by atoms with Crippen LogP contribution in [0.4, 0.5) is 0 Å². The molecule has 4 aromatic carbocycles. The van der Waals surface area contributed by atoms with Crippen LogP contribution >= 0.6 is 0 Å². The predicted molar refractivity (Wildman–Crippen MR) is 179 cm³/mol. The zero-order valence-corrected chi connectivity index (χ0v) is 27.9. The number of rotatable bonds is 7. The van der Waals surface area contributed by atoms with E-state index in [1.807, 2.05) is 0 Å². The Hall–Kier alpha value is -7.32. The van der Waals surface area contributed by atoms with Crippen molar-refractivity contribution in [3.63, 3.8) is 0 Å². The molecule has 20 heteroatoms. The average Bonchev–Trinajstić information content (AvgIpc) is 3.13. The zero-order chi connectivity index (χ0) is 39.8. The van der Waals surface area contributed by atoms with Gasteiger partial charge in [-0.25, -0.2) is 19.2 Å². The third kappa shape index (κ3) is 5.81. The fraction of sp³-hybridized carbons (Fsp3) is 0.200. The van der Waals surface area contributed by atoms with E-state index in [1.165, 1.54) is 14.0 Å². The van der Waals surface area contributed by atoms with Crippen LogP contribution in [0.15, 0.2) is 54.8 Å². The molecule has 3 heterocycles. The van der Waals surface area contributed by atoms with Crippen LogP contribution in [-0.2, 0) is 14.2 Å². The maximum absolute atomic E-state index is 13.3. The van der Waals surface area contributed by atoms with Crippen molar-refractivity contribution in [2.75, 3.05) is 7.11 Å². The molecule has 55 heavy (non-hydrogen) atoms. The molecule has 0 bridgehead atoms. The molecule has 0 spiro atoms. The van der Waals surface area contributed by atoms with Gasteiger partial charge in [0, 0.05) is 10.8 Å². The van der Waals surface area contributed by atoms with Crippen molar-refractivity contribution in [2.45, 2.75) is 37.6 Å². The van der Waals surface area contributed by atoms with Gasteiger partial charge >= 0.3 is 23.2 Å². The molecule has 1 saturated heterocycles. The number of carbonyl (C=O) groups is 2. The molecule has 5 atom stereocenters. The fourth-order valence-electron chi connectivity index (χ4n) is 6.18. The summed E-state index contributed by atoms with van der Waals surface area (Å²) >= 11 is 0. The number of hydrogen-bond donors (Lipinski definition) is 9. The highest BCUT2D eigenvalue weighted by molar-refractivity contribution is 6.22. The molecule has 5 unspecified atom stereocenters. The molecule has 0 radical (unpaired) electrons.